The van der Waals surface area contributed by atoms with Crippen LogP contribution in [0.3, 0.4) is 0 Å². The number of carbonyl (C=O) groups excluding carboxylic acids is 3. The number of amides is 2. The van der Waals surface area contributed by atoms with Crippen LogP contribution >= 0.6 is 11.3 Å². The van der Waals surface area contributed by atoms with Crippen LogP contribution in [0.1, 0.15) is 22.2 Å². The molecule has 32 heavy (non-hydrogen) atoms. The molecule has 0 fully saturated rings. The van der Waals surface area contributed by atoms with Crippen LogP contribution in [0.15, 0.2) is 65.1 Å². The van der Waals surface area contributed by atoms with E-state index in [1.165, 1.54) is 30.6 Å². The normalized spacial score (nSPS) is 10.9. The number of benzene rings is 2. The third kappa shape index (κ3) is 5.76. The van der Waals surface area contributed by atoms with Crippen LogP contribution in [-0.4, -0.2) is 30.6 Å². The number of nitrogens with zero attached hydrogens (tertiary/aromatic N) is 1. The molecule has 2 amide bonds. The van der Waals surface area contributed by atoms with E-state index in [1.54, 1.807) is 42.6 Å². The van der Waals surface area contributed by atoms with E-state index >= 15 is 0 Å². The van der Waals surface area contributed by atoms with Crippen molar-refractivity contribution in [1.29, 1.82) is 0 Å². The third-order valence-corrected chi connectivity index (χ3v) is 4.99. The molecule has 0 saturated carbocycles. The molecular formula is C22H18FN3O5S. The number of ether oxygens (including phenoxy) is 2. The summed E-state index contributed by atoms with van der Waals surface area (Å²) in [6, 6.07) is 13.1. The summed E-state index contributed by atoms with van der Waals surface area (Å²) in [4.78, 5) is 36.5. The van der Waals surface area contributed by atoms with Crippen molar-refractivity contribution < 1.29 is 28.2 Å². The molecule has 0 bridgehead atoms. The molecule has 0 atom stereocenters. The standard InChI is InChI=1S/C22H18FN3O5S/c1-13(25-26-21(28)20(27)24-16-8-6-15(23)7-9-16)14-5-10-17(18(12-14)30-2)31-22(29)19-4-3-11-32-19/h3-12H,1-2H3,(H,24,27)(H,26,28)/b25-13+. The molecule has 0 radical (unpaired) electrons. The number of esters is 1. The summed E-state index contributed by atoms with van der Waals surface area (Å²) in [5.74, 6) is -2.40. The molecule has 2 aromatic carbocycles. The Morgan fingerprint density at radius 3 is 2.41 bits per heavy atom. The van der Waals surface area contributed by atoms with Crippen molar-refractivity contribution >= 4 is 40.5 Å². The molecule has 10 heteroatoms. The van der Waals surface area contributed by atoms with E-state index in [0.717, 1.165) is 12.1 Å². The lowest BCUT2D eigenvalue weighted by Crippen LogP contribution is -2.32. The second kappa shape index (κ2) is 10.3. The fourth-order valence-electron chi connectivity index (χ4n) is 2.49. The van der Waals surface area contributed by atoms with Gasteiger partial charge in [0.15, 0.2) is 11.5 Å². The summed E-state index contributed by atoms with van der Waals surface area (Å²) < 4.78 is 23.6. The first-order valence-electron chi connectivity index (χ1n) is 9.22. The number of carbonyl (C=O) groups is 3. The summed E-state index contributed by atoms with van der Waals surface area (Å²) in [7, 11) is 1.43. The molecule has 8 nitrogen and oxygen atoms in total. The Bertz CT molecular complexity index is 1160. The molecule has 0 aliphatic rings. The van der Waals surface area contributed by atoms with Gasteiger partial charge in [0.05, 0.1) is 12.8 Å². The molecule has 1 heterocycles. The highest BCUT2D eigenvalue weighted by atomic mass is 32.1. The average molecular weight is 455 g/mol. The molecule has 2 N–H and O–H groups in total. The zero-order valence-corrected chi connectivity index (χ0v) is 17.9. The Kier molecular flexibility index (Phi) is 7.29. The lowest BCUT2D eigenvalue weighted by Gasteiger charge is -2.10. The van der Waals surface area contributed by atoms with Gasteiger partial charge in [-0.25, -0.2) is 14.6 Å². The second-order valence-electron chi connectivity index (χ2n) is 6.33. The summed E-state index contributed by atoms with van der Waals surface area (Å²) in [5, 5.41) is 8.01. The highest BCUT2D eigenvalue weighted by molar-refractivity contribution is 7.12. The number of hydrogen-bond acceptors (Lipinski definition) is 7. The van der Waals surface area contributed by atoms with E-state index in [2.05, 4.69) is 15.8 Å². The molecule has 1 aromatic heterocycles. The number of halogens is 1. The van der Waals surface area contributed by atoms with Crippen molar-refractivity contribution in [1.82, 2.24) is 5.43 Å². The predicted molar refractivity (Wildman–Crippen MR) is 118 cm³/mol. The Balaban J connectivity index is 1.64. The first-order valence-corrected chi connectivity index (χ1v) is 10.1. The predicted octanol–water partition coefficient (Wildman–Crippen LogP) is 3.59. The van der Waals surface area contributed by atoms with E-state index in [-0.39, 0.29) is 11.4 Å². The van der Waals surface area contributed by atoms with Gasteiger partial charge in [-0.05, 0) is 60.8 Å². The molecule has 3 aromatic rings. The number of anilines is 1. The first kappa shape index (κ1) is 22.6. The van der Waals surface area contributed by atoms with Gasteiger partial charge in [0, 0.05) is 11.3 Å². The number of hydrogen-bond donors (Lipinski definition) is 2. The molecule has 0 unspecified atom stereocenters. The lowest BCUT2D eigenvalue weighted by atomic mass is 10.1. The summed E-state index contributed by atoms with van der Waals surface area (Å²) in [6.07, 6.45) is 0. The van der Waals surface area contributed by atoms with Gasteiger partial charge in [-0.3, -0.25) is 9.59 Å². The van der Waals surface area contributed by atoms with Gasteiger partial charge in [0.25, 0.3) is 0 Å². The largest absolute Gasteiger partial charge is 0.493 e. The quantitative estimate of drug-likeness (QED) is 0.194. The van der Waals surface area contributed by atoms with E-state index in [0.29, 0.717) is 21.9 Å². The Morgan fingerprint density at radius 2 is 1.75 bits per heavy atom. The van der Waals surface area contributed by atoms with Crippen LogP contribution < -0.4 is 20.2 Å². The SMILES string of the molecule is COc1cc(/C(C)=N/NC(=O)C(=O)Nc2ccc(F)cc2)ccc1OC(=O)c1cccs1. The molecule has 3 rings (SSSR count). The zero-order chi connectivity index (χ0) is 23.1. The summed E-state index contributed by atoms with van der Waals surface area (Å²) in [6.45, 7) is 1.62. The highest BCUT2D eigenvalue weighted by Crippen LogP contribution is 2.29. The van der Waals surface area contributed by atoms with Crippen LogP contribution in [0.2, 0.25) is 0 Å². The van der Waals surface area contributed by atoms with Crippen molar-refractivity contribution in [3.63, 3.8) is 0 Å². The van der Waals surface area contributed by atoms with Gasteiger partial charge >= 0.3 is 17.8 Å². The molecule has 0 aliphatic heterocycles. The fraction of sp³-hybridized carbons (Fsp3) is 0.0909. The number of hydrazone groups is 1. The van der Waals surface area contributed by atoms with E-state index in [1.807, 2.05) is 0 Å². The summed E-state index contributed by atoms with van der Waals surface area (Å²) >= 11 is 1.26. The van der Waals surface area contributed by atoms with Crippen molar-refractivity contribution in [2.45, 2.75) is 6.92 Å². The smallest absolute Gasteiger partial charge is 0.353 e. The Hall–Kier alpha value is -4.05. The monoisotopic (exact) mass is 455 g/mol. The summed E-state index contributed by atoms with van der Waals surface area (Å²) in [5.41, 5.74) is 3.37. The minimum atomic E-state index is -0.998. The maximum Gasteiger partial charge on any atom is 0.353 e. The Morgan fingerprint density at radius 1 is 1.00 bits per heavy atom. The lowest BCUT2D eigenvalue weighted by molar-refractivity contribution is -0.136. The van der Waals surface area contributed by atoms with Crippen LogP contribution in [0, 0.1) is 5.82 Å². The van der Waals surface area contributed by atoms with Crippen molar-refractivity contribution in [2.24, 2.45) is 5.10 Å². The van der Waals surface area contributed by atoms with Gasteiger partial charge in [-0.2, -0.15) is 5.10 Å². The van der Waals surface area contributed by atoms with Gasteiger partial charge in [0.2, 0.25) is 0 Å². The topological polar surface area (TPSA) is 106 Å². The molecule has 0 spiro atoms. The second-order valence-corrected chi connectivity index (χ2v) is 7.28. The third-order valence-electron chi connectivity index (χ3n) is 4.14. The van der Waals surface area contributed by atoms with Crippen molar-refractivity contribution in [3.8, 4) is 11.5 Å². The minimum absolute atomic E-state index is 0.227. The number of thiophene rings is 1. The maximum absolute atomic E-state index is 12.9. The van der Waals surface area contributed by atoms with Gasteiger partial charge < -0.3 is 14.8 Å². The van der Waals surface area contributed by atoms with E-state index < -0.39 is 23.6 Å². The number of nitrogens with one attached hydrogen (secondary N) is 2. The van der Waals surface area contributed by atoms with Gasteiger partial charge in [-0.15, -0.1) is 11.3 Å². The van der Waals surface area contributed by atoms with Crippen LogP contribution in [0.4, 0.5) is 10.1 Å². The van der Waals surface area contributed by atoms with Crippen LogP contribution in [-0.2, 0) is 9.59 Å². The first-order chi connectivity index (χ1) is 15.4. The average Bonchev–Trinajstić information content (AvgIpc) is 3.34. The van der Waals surface area contributed by atoms with Crippen LogP contribution in [0.5, 0.6) is 11.5 Å². The molecule has 0 saturated heterocycles. The zero-order valence-electron chi connectivity index (χ0n) is 17.0. The van der Waals surface area contributed by atoms with Crippen LogP contribution in [0.25, 0.3) is 0 Å². The molecule has 164 valence electrons. The van der Waals surface area contributed by atoms with Crippen molar-refractivity contribution in [3.05, 3.63) is 76.2 Å². The van der Waals surface area contributed by atoms with Gasteiger partial charge in [0.1, 0.15) is 10.7 Å². The number of rotatable bonds is 6. The number of methoxy groups -OCH3 is 1. The molecule has 0 aliphatic carbocycles. The fourth-order valence-corrected chi connectivity index (χ4v) is 3.09. The van der Waals surface area contributed by atoms with E-state index in [9.17, 15) is 18.8 Å². The Labute approximate surface area is 186 Å². The molecular weight excluding hydrogens is 437 g/mol. The minimum Gasteiger partial charge on any atom is -0.493 e. The highest BCUT2D eigenvalue weighted by Gasteiger charge is 2.16. The van der Waals surface area contributed by atoms with E-state index in [4.69, 9.17) is 9.47 Å². The van der Waals surface area contributed by atoms with Gasteiger partial charge in [-0.1, -0.05) is 6.07 Å². The van der Waals surface area contributed by atoms with Crippen molar-refractivity contribution in [2.75, 3.05) is 12.4 Å². The maximum atomic E-state index is 12.9.